The van der Waals surface area contributed by atoms with Gasteiger partial charge in [-0.15, -0.1) is 11.3 Å². The minimum atomic E-state index is 0.964. The molecule has 1 saturated heterocycles. The van der Waals surface area contributed by atoms with Crippen LogP contribution in [-0.4, -0.2) is 18.0 Å². The highest BCUT2D eigenvalue weighted by molar-refractivity contribution is 7.09. The van der Waals surface area contributed by atoms with Crippen LogP contribution >= 0.6 is 11.3 Å². The molecule has 0 unspecified atom stereocenters. The van der Waals surface area contributed by atoms with Crippen LogP contribution in [0.4, 0.5) is 0 Å². The summed E-state index contributed by atoms with van der Waals surface area (Å²) >= 11 is 1.88. The van der Waals surface area contributed by atoms with Gasteiger partial charge in [0.25, 0.3) is 0 Å². The van der Waals surface area contributed by atoms with Crippen LogP contribution in [0.15, 0.2) is 29.3 Å². The highest BCUT2D eigenvalue weighted by Crippen LogP contribution is 2.25. The maximum atomic E-state index is 2.62. The van der Waals surface area contributed by atoms with Gasteiger partial charge in [0.2, 0.25) is 0 Å². The molecular weight excluding hydrogens is 238 g/mol. The Morgan fingerprint density at radius 2 is 2.17 bits per heavy atom. The van der Waals surface area contributed by atoms with Crippen molar-refractivity contribution < 1.29 is 0 Å². The lowest BCUT2D eigenvalue weighted by Crippen LogP contribution is -2.33. The molecular formula is C16H25NS. The van der Waals surface area contributed by atoms with Crippen molar-refractivity contribution in [3.8, 4) is 0 Å². The summed E-state index contributed by atoms with van der Waals surface area (Å²) in [6.07, 6.45) is 8.80. The number of allylic oxidation sites excluding steroid dienone is 2. The second kappa shape index (κ2) is 6.98. The lowest BCUT2D eigenvalue weighted by Gasteiger charge is -2.35. The molecule has 0 bridgehead atoms. The predicted octanol–water partition coefficient (Wildman–Crippen LogP) is 4.71. The quantitative estimate of drug-likeness (QED) is 0.744. The monoisotopic (exact) mass is 263 g/mol. The fraction of sp³-hybridized carbons (Fsp3) is 0.625. The standard InChI is InChI=1S/C16H25NS/c1-3-6-15(13-16-7-5-12-18-16)17-10-8-14(4-2)9-11-17/h5-7,12,14H,3-4,8-11,13H2,1-2H3/b15-6-. The average molecular weight is 263 g/mol. The lowest BCUT2D eigenvalue weighted by molar-refractivity contribution is 0.219. The van der Waals surface area contributed by atoms with E-state index in [0.717, 1.165) is 18.8 Å². The fourth-order valence-electron chi connectivity index (χ4n) is 2.77. The zero-order chi connectivity index (χ0) is 12.8. The van der Waals surface area contributed by atoms with Crippen molar-refractivity contribution in [1.82, 2.24) is 4.90 Å². The van der Waals surface area contributed by atoms with Gasteiger partial charge in [-0.05, 0) is 36.6 Å². The Morgan fingerprint density at radius 1 is 1.39 bits per heavy atom. The molecule has 0 radical (unpaired) electrons. The molecule has 2 heterocycles. The van der Waals surface area contributed by atoms with Gasteiger partial charge >= 0.3 is 0 Å². The van der Waals surface area contributed by atoms with Gasteiger partial charge in [0.15, 0.2) is 0 Å². The Morgan fingerprint density at radius 3 is 2.72 bits per heavy atom. The van der Waals surface area contributed by atoms with E-state index in [0.29, 0.717) is 0 Å². The Hall–Kier alpha value is -0.760. The summed E-state index contributed by atoms with van der Waals surface area (Å²) in [4.78, 5) is 4.11. The zero-order valence-corrected chi connectivity index (χ0v) is 12.5. The van der Waals surface area contributed by atoms with Gasteiger partial charge in [-0.3, -0.25) is 0 Å². The van der Waals surface area contributed by atoms with E-state index in [1.165, 1.54) is 37.2 Å². The van der Waals surface area contributed by atoms with Crippen LogP contribution in [0.25, 0.3) is 0 Å². The molecule has 0 saturated carbocycles. The molecule has 1 aliphatic rings. The van der Waals surface area contributed by atoms with Crippen LogP contribution in [0, 0.1) is 5.92 Å². The second-order valence-corrected chi connectivity index (χ2v) is 6.23. The molecule has 0 N–H and O–H groups in total. The maximum Gasteiger partial charge on any atom is 0.0216 e. The van der Waals surface area contributed by atoms with Crippen molar-refractivity contribution in [3.63, 3.8) is 0 Å². The van der Waals surface area contributed by atoms with E-state index >= 15 is 0 Å². The van der Waals surface area contributed by atoms with E-state index in [2.05, 4.69) is 42.3 Å². The third-order valence-corrected chi connectivity index (χ3v) is 4.85. The molecule has 1 aliphatic heterocycles. The van der Waals surface area contributed by atoms with Crippen LogP contribution in [-0.2, 0) is 6.42 Å². The fourth-order valence-corrected chi connectivity index (χ4v) is 3.49. The van der Waals surface area contributed by atoms with E-state index in [1.54, 1.807) is 5.70 Å². The molecule has 1 nitrogen and oxygen atoms in total. The number of thiophene rings is 1. The van der Waals surface area contributed by atoms with Crippen molar-refractivity contribution in [2.45, 2.75) is 46.0 Å². The summed E-state index contributed by atoms with van der Waals surface area (Å²) in [6, 6.07) is 4.42. The van der Waals surface area contributed by atoms with Gasteiger partial charge in [0.1, 0.15) is 0 Å². The molecule has 0 amide bonds. The first kappa shape index (κ1) is 13.7. The number of hydrogen-bond donors (Lipinski definition) is 0. The number of nitrogens with zero attached hydrogens (tertiary/aromatic N) is 1. The number of hydrogen-bond acceptors (Lipinski definition) is 2. The molecule has 0 spiro atoms. The highest BCUT2D eigenvalue weighted by Gasteiger charge is 2.19. The SMILES string of the molecule is CC/C=C(/Cc1cccs1)N1CCC(CC)CC1. The van der Waals surface area contributed by atoms with Crippen molar-refractivity contribution >= 4 is 11.3 Å². The minimum Gasteiger partial charge on any atom is -0.375 e. The van der Waals surface area contributed by atoms with Gasteiger partial charge in [0.05, 0.1) is 0 Å². The first-order valence-corrected chi connectivity index (χ1v) is 8.17. The zero-order valence-electron chi connectivity index (χ0n) is 11.7. The summed E-state index contributed by atoms with van der Waals surface area (Å²) < 4.78 is 0. The van der Waals surface area contributed by atoms with E-state index in [-0.39, 0.29) is 0 Å². The van der Waals surface area contributed by atoms with Gasteiger partial charge < -0.3 is 4.90 Å². The summed E-state index contributed by atoms with van der Waals surface area (Å²) in [7, 11) is 0. The second-order valence-electron chi connectivity index (χ2n) is 5.20. The summed E-state index contributed by atoms with van der Waals surface area (Å²) in [6.45, 7) is 7.09. The summed E-state index contributed by atoms with van der Waals surface area (Å²) in [5, 5.41) is 2.18. The van der Waals surface area contributed by atoms with Gasteiger partial charge in [0, 0.05) is 30.1 Å². The molecule has 1 aromatic heterocycles. The van der Waals surface area contributed by atoms with Crippen molar-refractivity contribution in [2.24, 2.45) is 5.92 Å². The largest absolute Gasteiger partial charge is 0.375 e. The Balaban J connectivity index is 1.96. The third-order valence-electron chi connectivity index (χ3n) is 3.97. The number of rotatable bonds is 5. The molecule has 1 aromatic rings. The lowest BCUT2D eigenvalue weighted by atomic mass is 9.94. The van der Waals surface area contributed by atoms with E-state index in [4.69, 9.17) is 0 Å². The first-order valence-electron chi connectivity index (χ1n) is 7.29. The van der Waals surface area contributed by atoms with Crippen LogP contribution in [0.3, 0.4) is 0 Å². The van der Waals surface area contributed by atoms with Gasteiger partial charge in [-0.2, -0.15) is 0 Å². The van der Waals surface area contributed by atoms with E-state index in [9.17, 15) is 0 Å². The average Bonchev–Trinajstić information content (AvgIpc) is 2.91. The Bertz CT molecular complexity index is 358. The number of piperidine rings is 1. The highest BCUT2D eigenvalue weighted by atomic mass is 32.1. The van der Waals surface area contributed by atoms with E-state index < -0.39 is 0 Å². The van der Waals surface area contributed by atoms with Gasteiger partial charge in [-0.1, -0.05) is 32.4 Å². The van der Waals surface area contributed by atoms with Crippen LogP contribution in [0.5, 0.6) is 0 Å². The smallest absolute Gasteiger partial charge is 0.0216 e. The normalized spacial score (nSPS) is 18.3. The third kappa shape index (κ3) is 3.61. The molecule has 0 atom stereocenters. The van der Waals surface area contributed by atoms with Crippen LogP contribution in [0.1, 0.15) is 44.4 Å². The predicted molar refractivity (Wildman–Crippen MR) is 81.0 cm³/mol. The molecule has 0 aliphatic carbocycles. The number of likely N-dealkylation sites (tertiary alicyclic amines) is 1. The van der Waals surface area contributed by atoms with Crippen molar-refractivity contribution in [1.29, 1.82) is 0 Å². The van der Waals surface area contributed by atoms with Crippen molar-refractivity contribution in [2.75, 3.05) is 13.1 Å². The minimum absolute atomic E-state index is 0.964. The summed E-state index contributed by atoms with van der Waals surface area (Å²) in [5.41, 5.74) is 1.55. The van der Waals surface area contributed by atoms with Crippen LogP contribution in [0.2, 0.25) is 0 Å². The molecule has 2 heteroatoms. The maximum absolute atomic E-state index is 2.62. The van der Waals surface area contributed by atoms with Crippen molar-refractivity contribution in [3.05, 3.63) is 34.2 Å². The molecule has 2 rings (SSSR count). The molecule has 1 fully saturated rings. The first-order chi connectivity index (χ1) is 8.83. The Kier molecular flexibility index (Phi) is 5.30. The molecule has 100 valence electrons. The van der Waals surface area contributed by atoms with E-state index in [1.807, 2.05) is 11.3 Å². The van der Waals surface area contributed by atoms with Crippen LogP contribution < -0.4 is 0 Å². The molecule has 0 aromatic carbocycles. The molecule has 18 heavy (non-hydrogen) atoms. The summed E-state index contributed by atoms with van der Waals surface area (Å²) in [5.74, 6) is 0.964. The Labute approximate surface area is 116 Å². The van der Waals surface area contributed by atoms with Gasteiger partial charge in [-0.25, -0.2) is 0 Å². The topological polar surface area (TPSA) is 3.24 Å².